The molecule has 0 bridgehead atoms. The van der Waals surface area contributed by atoms with E-state index in [0.717, 1.165) is 17.8 Å². The molecular formula is C13H27N. The van der Waals surface area contributed by atoms with Gasteiger partial charge in [-0.2, -0.15) is 0 Å². The average Bonchev–Trinajstić information content (AvgIpc) is 2.09. The summed E-state index contributed by atoms with van der Waals surface area (Å²) in [5.74, 6) is 2.35. The van der Waals surface area contributed by atoms with Crippen molar-refractivity contribution in [3.05, 3.63) is 0 Å². The first-order valence-corrected chi connectivity index (χ1v) is 6.23. The van der Waals surface area contributed by atoms with Gasteiger partial charge in [0, 0.05) is 5.54 Å². The van der Waals surface area contributed by atoms with Gasteiger partial charge in [0.25, 0.3) is 0 Å². The Balaban J connectivity index is 2.50. The van der Waals surface area contributed by atoms with Crippen LogP contribution in [0, 0.1) is 17.8 Å². The Morgan fingerprint density at radius 1 is 1.29 bits per heavy atom. The lowest BCUT2D eigenvalue weighted by atomic mass is 9.68. The molecule has 0 aromatic carbocycles. The van der Waals surface area contributed by atoms with Crippen LogP contribution in [0.25, 0.3) is 0 Å². The van der Waals surface area contributed by atoms with Crippen LogP contribution in [0.4, 0.5) is 0 Å². The minimum absolute atomic E-state index is 0.141. The molecule has 1 nitrogen and oxygen atoms in total. The third-order valence-corrected chi connectivity index (χ3v) is 3.99. The second-order valence-corrected chi connectivity index (χ2v) is 5.95. The summed E-state index contributed by atoms with van der Waals surface area (Å²) in [7, 11) is 0. The summed E-state index contributed by atoms with van der Waals surface area (Å²) in [6.45, 7) is 9.27. The Hall–Kier alpha value is -0.0400. The van der Waals surface area contributed by atoms with E-state index in [4.69, 9.17) is 5.73 Å². The van der Waals surface area contributed by atoms with Crippen molar-refractivity contribution in [3.63, 3.8) is 0 Å². The molecule has 0 aliphatic heterocycles. The summed E-state index contributed by atoms with van der Waals surface area (Å²) < 4.78 is 0. The summed E-state index contributed by atoms with van der Waals surface area (Å²) in [6, 6.07) is 0. The van der Waals surface area contributed by atoms with Gasteiger partial charge in [-0.25, -0.2) is 0 Å². The second kappa shape index (κ2) is 4.65. The lowest BCUT2D eigenvalue weighted by Crippen LogP contribution is -2.50. The molecule has 1 fully saturated rings. The maximum Gasteiger partial charge on any atom is 0.0182 e. The van der Waals surface area contributed by atoms with Crippen LogP contribution in [0.3, 0.4) is 0 Å². The molecule has 1 saturated carbocycles. The van der Waals surface area contributed by atoms with Crippen molar-refractivity contribution in [1.82, 2.24) is 0 Å². The van der Waals surface area contributed by atoms with E-state index in [9.17, 15) is 0 Å². The third-order valence-electron chi connectivity index (χ3n) is 3.99. The standard InChI is InChI=1S/C13H27N/c1-10(2)7-8-13(14)9-11(3)5-6-12(13)4/h10-12H,5-9,14H2,1-4H3. The molecule has 0 radical (unpaired) electrons. The van der Waals surface area contributed by atoms with Crippen LogP contribution < -0.4 is 5.73 Å². The molecule has 1 aliphatic carbocycles. The van der Waals surface area contributed by atoms with E-state index >= 15 is 0 Å². The fourth-order valence-electron chi connectivity index (χ4n) is 2.68. The summed E-state index contributed by atoms with van der Waals surface area (Å²) >= 11 is 0. The Morgan fingerprint density at radius 3 is 2.50 bits per heavy atom. The van der Waals surface area contributed by atoms with Crippen LogP contribution >= 0.6 is 0 Å². The summed E-state index contributed by atoms with van der Waals surface area (Å²) in [5.41, 5.74) is 6.68. The largest absolute Gasteiger partial charge is 0.325 e. The van der Waals surface area contributed by atoms with Crippen LogP contribution in [-0.2, 0) is 0 Å². The Morgan fingerprint density at radius 2 is 1.93 bits per heavy atom. The molecule has 84 valence electrons. The van der Waals surface area contributed by atoms with Gasteiger partial charge in [0.15, 0.2) is 0 Å². The van der Waals surface area contributed by atoms with Gasteiger partial charge in [0.1, 0.15) is 0 Å². The van der Waals surface area contributed by atoms with Gasteiger partial charge >= 0.3 is 0 Å². The van der Waals surface area contributed by atoms with Crippen molar-refractivity contribution in [3.8, 4) is 0 Å². The molecule has 3 atom stereocenters. The molecule has 3 unspecified atom stereocenters. The van der Waals surface area contributed by atoms with E-state index in [-0.39, 0.29) is 5.54 Å². The van der Waals surface area contributed by atoms with E-state index in [1.807, 2.05) is 0 Å². The predicted octanol–water partition coefficient (Wildman–Crippen LogP) is 3.58. The Bertz CT molecular complexity index is 176. The minimum Gasteiger partial charge on any atom is -0.325 e. The van der Waals surface area contributed by atoms with Gasteiger partial charge in [-0.3, -0.25) is 0 Å². The monoisotopic (exact) mass is 197 g/mol. The second-order valence-electron chi connectivity index (χ2n) is 5.95. The Kier molecular flexibility index (Phi) is 4.00. The maximum absolute atomic E-state index is 6.54. The zero-order valence-electron chi connectivity index (χ0n) is 10.3. The number of rotatable bonds is 3. The summed E-state index contributed by atoms with van der Waals surface area (Å²) in [5, 5.41) is 0. The molecule has 0 amide bonds. The zero-order chi connectivity index (χ0) is 10.8. The molecule has 2 N–H and O–H groups in total. The average molecular weight is 197 g/mol. The molecule has 0 spiro atoms. The maximum atomic E-state index is 6.54. The normalized spacial score (nSPS) is 39.0. The first-order valence-electron chi connectivity index (χ1n) is 6.23. The topological polar surface area (TPSA) is 26.0 Å². The molecule has 1 heteroatoms. The molecular weight excluding hydrogens is 170 g/mol. The third kappa shape index (κ3) is 2.98. The SMILES string of the molecule is CC(C)CCC1(N)CC(C)CCC1C. The highest BCUT2D eigenvalue weighted by Gasteiger charge is 2.36. The van der Waals surface area contributed by atoms with Crippen molar-refractivity contribution < 1.29 is 0 Å². The molecule has 0 aromatic rings. The molecule has 0 saturated heterocycles. The van der Waals surface area contributed by atoms with Gasteiger partial charge in [-0.05, 0) is 43.4 Å². The van der Waals surface area contributed by atoms with E-state index < -0.39 is 0 Å². The Labute approximate surface area is 89.5 Å². The fraction of sp³-hybridized carbons (Fsp3) is 1.00. The fourth-order valence-corrected chi connectivity index (χ4v) is 2.68. The van der Waals surface area contributed by atoms with E-state index in [1.54, 1.807) is 0 Å². The molecule has 0 heterocycles. The highest BCUT2D eigenvalue weighted by molar-refractivity contribution is 4.94. The van der Waals surface area contributed by atoms with Crippen molar-refractivity contribution in [2.45, 2.75) is 65.3 Å². The minimum atomic E-state index is 0.141. The number of nitrogens with two attached hydrogens (primary N) is 1. The first kappa shape index (κ1) is 12.0. The zero-order valence-corrected chi connectivity index (χ0v) is 10.3. The highest BCUT2D eigenvalue weighted by atomic mass is 14.8. The lowest BCUT2D eigenvalue weighted by molar-refractivity contribution is 0.144. The number of hydrogen-bond donors (Lipinski definition) is 1. The van der Waals surface area contributed by atoms with Crippen molar-refractivity contribution >= 4 is 0 Å². The molecule has 14 heavy (non-hydrogen) atoms. The van der Waals surface area contributed by atoms with E-state index in [2.05, 4.69) is 27.7 Å². The number of hydrogen-bond acceptors (Lipinski definition) is 1. The van der Waals surface area contributed by atoms with Gasteiger partial charge in [0.05, 0.1) is 0 Å². The first-order chi connectivity index (χ1) is 6.44. The lowest BCUT2D eigenvalue weighted by Gasteiger charge is -2.43. The van der Waals surface area contributed by atoms with Crippen molar-refractivity contribution in [2.75, 3.05) is 0 Å². The molecule has 1 aliphatic rings. The van der Waals surface area contributed by atoms with Gasteiger partial charge in [-0.15, -0.1) is 0 Å². The van der Waals surface area contributed by atoms with Crippen LogP contribution in [0.15, 0.2) is 0 Å². The quantitative estimate of drug-likeness (QED) is 0.735. The van der Waals surface area contributed by atoms with Gasteiger partial charge < -0.3 is 5.73 Å². The van der Waals surface area contributed by atoms with E-state index in [0.29, 0.717) is 0 Å². The summed E-state index contributed by atoms with van der Waals surface area (Å²) in [6.07, 6.45) is 6.45. The van der Waals surface area contributed by atoms with Crippen LogP contribution in [0.1, 0.15) is 59.8 Å². The molecule has 0 aromatic heterocycles. The molecule has 1 rings (SSSR count). The van der Waals surface area contributed by atoms with Crippen LogP contribution in [0.5, 0.6) is 0 Å². The smallest absolute Gasteiger partial charge is 0.0182 e. The van der Waals surface area contributed by atoms with Crippen molar-refractivity contribution in [1.29, 1.82) is 0 Å². The van der Waals surface area contributed by atoms with Gasteiger partial charge in [-0.1, -0.05) is 34.1 Å². The summed E-state index contributed by atoms with van der Waals surface area (Å²) in [4.78, 5) is 0. The highest BCUT2D eigenvalue weighted by Crippen LogP contribution is 2.38. The van der Waals surface area contributed by atoms with E-state index in [1.165, 1.54) is 32.1 Å². The van der Waals surface area contributed by atoms with Crippen molar-refractivity contribution in [2.24, 2.45) is 23.5 Å². The predicted molar refractivity (Wildman–Crippen MR) is 63.2 cm³/mol. The van der Waals surface area contributed by atoms with Crippen LogP contribution in [-0.4, -0.2) is 5.54 Å². The van der Waals surface area contributed by atoms with Gasteiger partial charge in [0.2, 0.25) is 0 Å². The van der Waals surface area contributed by atoms with Crippen LogP contribution in [0.2, 0.25) is 0 Å².